The van der Waals surface area contributed by atoms with Gasteiger partial charge in [0.1, 0.15) is 0 Å². The third-order valence-corrected chi connectivity index (χ3v) is 3.09. The first kappa shape index (κ1) is 10.8. The molecule has 1 rings (SSSR count). The molecule has 0 aliphatic heterocycles. The Morgan fingerprint density at radius 1 is 1.57 bits per heavy atom. The molecule has 0 bridgehead atoms. The first-order valence-electron chi connectivity index (χ1n) is 3.85. The summed E-state index contributed by atoms with van der Waals surface area (Å²) in [7, 11) is 0. The fourth-order valence-electron chi connectivity index (χ4n) is 0.857. The van der Waals surface area contributed by atoms with Crippen molar-refractivity contribution in [2.45, 2.75) is 6.92 Å². The number of carboxylic acids is 1. The van der Waals surface area contributed by atoms with Crippen molar-refractivity contribution in [3.8, 4) is 0 Å². The van der Waals surface area contributed by atoms with Gasteiger partial charge in [0.05, 0.1) is 0 Å². The molecular weight excluding hydrogens is 249 g/mol. The second kappa shape index (κ2) is 4.79. The Balaban J connectivity index is 2.88. The van der Waals surface area contributed by atoms with E-state index in [-0.39, 0.29) is 26.1 Å². The maximum atomic E-state index is 10.7. The fourth-order valence-corrected chi connectivity index (χ4v) is 2.24. The molecule has 0 aliphatic rings. The molecule has 1 heterocycles. The van der Waals surface area contributed by atoms with E-state index in [0.29, 0.717) is 0 Å². The van der Waals surface area contributed by atoms with Crippen molar-refractivity contribution in [1.82, 2.24) is 5.32 Å². The SMILES string of the molecule is CC(=O)NC(=Cc1ccc[se]1)C(=O)O. The van der Waals surface area contributed by atoms with E-state index in [0.717, 1.165) is 4.44 Å². The van der Waals surface area contributed by atoms with Gasteiger partial charge in [0, 0.05) is 0 Å². The van der Waals surface area contributed by atoms with Crippen molar-refractivity contribution in [2.24, 2.45) is 0 Å². The Kier molecular flexibility index (Phi) is 3.68. The molecule has 0 aromatic carbocycles. The van der Waals surface area contributed by atoms with E-state index in [2.05, 4.69) is 5.32 Å². The second-order valence-corrected chi connectivity index (χ2v) is 4.61. The van der Waals surface area contributed by atoms with Gasteiger partial charge in [0.25, 0.3) is 0 Å². The molecule has 2 N–H and O–H groups in total. The zero-order valence-corrected chi connectivity index (χ0v) is 9.19. The van der Waals surface area contributed by atoms with Gasteiger partial charge in [0.2, 0.25) is 0 Å². The van der Waals surface area contributed by atoms with Crippen molar-refractivity contribution < 1.29 is 14.7 Å². The van der Waals surface area contributed by atoms with E-state index in [9.17, 15) is 9.59 Å². The molecular formula is C9H9NO3Se. The minimum atomic E-state index is -1.12. The third-order valence-electron chi connectivity index (χ3n) is 1.37. The Morgan fingerprint density at radius 2 is 2.29 bits per heavy atom. The first-order valence-corrected chi connectivity index (χ1v) is 5.70. The summed E-state index contributed by atoms with van der Waals surface area (Å²) in [5.74, 6) is -1.50. The number of rotatable bonds is 3. The van der Waals surface area contributed by atoms with Crippen LogP contribution in [0.3, 0.4) is 0 Å². The van der Waals surface area contributed by atoms with Gasteiger partial charge in [-0.2, -0.15) is 0 Å². The van der Waals surface area contributed by atoms with Crippen LogP contribution in [-0.4, -0.2) is 31.5 Å². The fraction of sp³-hybridized carbons (Fsp3) is 0.111. The predicted molar refractivity (Wildman–Crippen MR) is 52.8 cm³/mol. The maximum absolute atomic E-state index is 10.7. The molecule has 1 aromatic rings. The van der Waals surface area contributed by atoms with Crippen LogP contribution in [0.25, 0.3) is 6.08 Å². The predicted octanol–water partition coefficient (Wildman–Crippen LogP) is 0.305. The number of carbonyl (C=O) groups excluding carboxylic acids is 1. The Bertz CT molecular complexity index is 367. The van der Waals surface area contributed by atoms with Crippen molar-refractivity contribution in [3.05, 3.63) is 27.2 Å². The average Bonchev–Trinajstić information content (AvgIpc) is 2.54. The van der Waals surface area contributed by atoms with Crippen LogP contribution in [-0.2, 0) is 9.59 Å². The van der Waals surface area contributed by atoms with Crippen LogP contribution < -0.4 is 5.32 Å². The Labute approximate surface area is 87.0 Å². The van der Waals surface area contributed by atoms with Gasteiger partial charge in [-0.15, -0.1) is 0 Å². The van der Waals surface area contributed by atoms with E-state index in [1.807, 2.05) is 17.1 Å². The molecule has 14 heavy (non-hydrogen) atoms. The molecule has 0 fully saturated rings. The van der Waals surface area contributed by atoms with Crippen molar-refractivity contribution in [2.75, 3.05) is 0 Å². The number of carbonyl (C=O) groups is 2. The number of aliphatic carboxylic acids is 1. The van der Waals surface area contributed by atoms with Crippen LogP contribution in [0.5, 0.6) is 0 Å². The Hall–Kier alpha value is -1.32. The van der Waals surface area contributed by atoms with Crippen LogP contribution in [0, 0.1) is 0 Å². The molecule has 74 valence electrons. The molecule has 0 atom stereocenters. The number of amides is 1. The van der Waals surface area contributed by atoms with Crippen LogP contribution in [0.4, 0.5) is 0 Å². The van der Waals surface area contributed by atoms with Crippen molar-refractivity contribution in [3.63, 3.8) is 0 Å². The summed E-state index contributed by atoms with van der Waals surface area (Å²) in [6.45, 7) is 1.28. The number of hydrogen-bond donors (Lipinski definition) is 2. The molecule has 5 heteroatoms. The van der Waals surface area contributed by atoms with Gasteiger partial charge in [-0.25, -0.2) is 0 Å². The Morgan fingerprint density at radius 3 is 2.71 bits per heavy atom. The van der Waals surface area contributed by atoms with Gasteiger partial charge >= 0.3 is 86.6 Å². The topological polar surface area (TPSA) is 66.4 Å². The summed E-state index contributed by atoms with van der Waals surface area (Å²) in [5.41, 5.74) is -0.0747. The first-order chi connectivity index (χ1) is 6.59. The molecule has 1 amide bonds. The van der Waals surface area contributed by atoms with Crippen LogP contribution in [0.15, 0.2) is 22.8 Å². The van der Waals surface area contributed by atoms with Gasteiger partial charge in [-0.1, -0.05) is 0 Å². The van der Waals surface area contributed by atoms with Gasteiger partial charge in [0.15, 0.2) is 0 Å². The normalized spacial score (nSPS) is 11.1. The molecule has 0 saturated heterocycles. The van der Waals surface area contributed by atoms with E-state index in [1.54, 1.807) is 0 Å². The van der Waals surface area contributed by atoms with Gasteiger partial charge in [-0.3, -0.25) is 0 Å². The molecule has 0 radical (unpaired) electrons. The van der Waals surface area contributed by atoms with Crippen LogP contribution in [0.2, 0.25) is 0 Å². The second-order valence-electron chi connectivity index (χ2n) is 2.56. The summed E-state index contributed by atoms with van der Waals surface area (Å²) in [6, 6.07) is 3.71. The molecule has 0 unspecified atom stereocenters. The third kappa shape index (κ3) is 3.20. The standard InChI is InChI=1S/C9H9NO3Se/c1-6(11)10-8(9(12)13)5-7-3-2-4-14-7/h2-5H,1H3,(H,10,11)(H,12,13). The zero-order chi connectivity index (χ0) is 10.6. The van der Waals surface area contributed by atoms with Crippen molar-refractivity contribution in [1.29, 1.82) is 0 Å². The monoisotopic (exact) mass is 259 g/mol. The van der Waals surface area contributed by atoms with Gasteiger partial charge < -0.3 is 0 Å². The molecule has 1 aromatic heterocycles. The molecule has 0 aliphatic carbocycles. The molecule has 0 saturated carbocycles. The minimum absolute atomic E-state index is 0.0747. The van der Waals surface area contributed by atoms with Gasteiger partial charge in [-0.05, 0) is 0 Å². The number of carboxylic acid groups (broad SMARTS) is 1. The summed E-state index contributed by atoms with van der Waals surface area (Å²) in [4.78, 5) is 23.4. The number of hydrogen-bond acceptors (Lipinski definition) is 2. The average molecular weight is 258 g/mol. The van der Waals surface area contributed by atoms with E-state index >= 15 is 0 Å². The quantitative estimate of drug-likeness (QED) is 0.605. The van der Waals surface area contributed by atoms with E-state index in [1.165, 1.54) is 13.0 Å². The van der Waals surface area contributed by atoms with E-state index in [4.69, 9.17) is 5.11 Å². The summed E-state index contributed by atoms with van der Waals surface area (Å²) in [6.07, 6.45) is 1.49. The summed E-state index contributed by atoms with van der Waals surface area (Å²) >= 11 is 0.180. The van der Waals surface area contributed by atoms with Crippen LogP contribution in [0.1, 0.15) is 11.4 Å². The zero-order valence-electron chi connectivity index (χ0n) is 7.48. The van der Waals surface area contributed by atoms with Crippen LogP contribution >= 0.6 is 0 Å². The molecule has 0 spiro atoms. The van der Waals surface area contributed by atoms with E-state index < -0.39 is 5.97 Å². The summed E-state index contributed by atoms with van der Waals surface area (Å²) in [5, 5.41) is 11.0. The number of nitrogens with one attached hydrogen (secondary N) is 1. The summed E-state index contributed by atoms with van der Waals surface area (Å²) < 4.78 is 0.934. The molecule has 4 nitrogen and oxygen atoms in total. The van der Waals surface area contributed by atoms with Crippen molar-refractivity contribution >= 4 is 32.5 Å².